The van der Waals surface area contributed by atoms with Gasteiger partial charge < -0.3 is 10.1 Å². The van der Waals surface area contributed by atoms with Gasteiger partial charge in [0.2, 0.25) is 0 Å². The summed E-state index contributed by atoms with van der Waals surface area (Å²) in [6.07, 6.45) is 5.12. The van der Waals surface area contributed by atoms with Crippen LogP contribution in [-0.2, 0) is 4.79 Å². The second kappa shape index (κ2) is 5.24. The zero-order valence-electron chi connectivity index (χ0n) is 11.4. The number of carbonyl (C=O) groups is 1. The first-order valence-electron chi connectivity index (χ1n) is 7.20. The van der Waals surface area contributed by atoms with Crippen LogP contribution in [0, 0.1) is 18.8 Å². The highest BCUT2D eigenvalue weighted by atomic mass is 16.5. The van der Waals surface area contributed by atoms with Gasteiger partial charge in [0.05, 0.1) is 0 Å². The second-order valence-electron chi connectivity index (χ2n) is 5.90. The van der Waals surface area contributed by atoms with Gasteiger partial charge in [0.25, 0.3) is 5.91 Å². The monoisotopic (exact) mass is 259 g/mol. The molecule has 3 rings (SSSR count). The summed E-state index contributed by atoms with van der Waals surface area (Å²) in [7, 11) is 0. The van der Waals surface area contributed by atoms with Crippen LogP contribution in [0.4, 0.5) is 0 Å². The zero-order chi connectivity index (χ0) is 13.2. The minimum absolute atomic E-state index is 0.0146. The van der Waals surface area contributed by atoms with E-state index in [-0.39, 0.29) is 12.5 Å². The Hall–Kier alpha value is -1.51. The zero-order valence-corrected chi connectivity index (χ0v) is 11.4. The van der Waals surface area contributed by atoms with E-state index >= 15 is 0 Å². The molecule has 0 radical (unpaired) electrons. The molecule has 0 saturated heterocycles. The Morgan fingerprint density at radius 3 is 2.84 bits per heavy atom. The molecule has 2 bridgehead atoms. The van der Waals surface area contributed by atoms with E-state index in [2.05, 4.69) is 5.32 Å². The Bertz CT molecular complexity index is 472. The van der Waals surface area contributed by atoms with Crippen molar-refractivity contribution in [3.63, 3.8) is 0 Å². The van der Waals surface area contributed by atoms with Gasteiger partial charge in [-0.1, -0.05) is 24.6 Å². The van der Waals surface area contributed by atoms with E-state index in [0.29, 0.717) is 12.0 Å². The number of benzene rings is 1. The van der Waals surface area contributed by atoms with Gasteiger partial charge in [-0.25, -0.2) is 0 Å². The molecule has 1 aromatic rings. The lowest BCUT2D eigenvalue weighted by molar-refractivity contribution is -0.124. The average molecular weight is 259 g/mol. The van der Waals surface area contributed by atoms with Gasteiger partial charge in [-0.3, -0.25) is 4.79 Å². The quantitative estimate of drug-likeness (QED) is 0.902. The summed E-state index contributed by atoms with van der Waals surface area (Å²) in [6.45, 7) is 2.11. The van der Waals surface area contributed by atoms with Crippen molar-refractivity contribution in [1.29, 1.82) is 0 Å². The molecule has 0 spiro atoms. The Balaban J connectivity index is 1.48. The molecular formula is C16H21NO2. The first kappa shape index (κ1) is 12.5. The van der Waals surface area contributed by atoms with E-state index in [9.17, 15) is 4.79 Å². The summed E-state index contributed by atoms with van der Waals surface area (Å²) < 4.78 is 5.58. The van der Waals surface area contributed by atoms with Crippen molar-refractivity contribution in [2.75, 3.05) is 6.61 Å². The van der Waals surface area contributed by atoms with Gasteiger partial charge in [-0.05, 0) is 49.7 Å². The van der Waals surface area contributed by atoms with Gasteiger partial charge in [-0.2, -0.15) is 0 Å². The van der Waals surface area contributed by atoms with Crippen LogP contribution in [0.3, 0.4) is 0 Å². The number of para-hydroxylation sites is 1. The van der Waals surface area contributed by atoms with Crippen LogP contribution in [-0.4, -0.2) is 18.6 Å². The number of amides is 1. The molecule has 2 aliphatic rings. The molecule has 0 unspecified atom stereocenters. The molecule has 1 amide bonds. The summed E-state index contributed by atoms with van der Waals surface area (Å²) in [5.41, 5.74) is 1.07. The fraction of sp³-hybridized carbons (Fsp3) is 0.562. The van der Waals surface area contributed by atoms with Crippen LogP contribution < -0.4 is 10.1 Å². The Labute approximate surface area is 114 Å². The van der Waals surface area contributed by atoms with E-state index in [1.807, 2.05) is 31.2 Å². The molecule has 1 N–H and O–H groups in total. The third-order valence-corrected chi connectivity index (χ3v) is 4.54. The molecule has 0 aliphatic heterocycles. The first-order chi connectivity index (χ1) is 9.22. The molecule has 2 fully saturated rings. The molecule has 2 saturated carbocycles. The van der Waals surface area contributed by atoms with Gasteiger partial charge in [0.15, 0.2) is 6.61 Å². The maximum absolute atomic E-state index is 11.9. The highest BCUT2D eigenvalue weighted by Crippen LogP contribution is 2.44. The van der Waals surface area contributed by atoms with Crippen molar-refractivity contribution in [1.82, 2.24) is 5.32 Å². The third kappa shape index (κ3) is 2.75. The SMILES string of the molecule is Cc1ccccc1OCC(=O)N[C@H]1C[C@@H]2CC[C@H]1C2. The van der Waals surface area contributed by atoms with E-state index < -0.39 is 0 Å². The van der Waals surface area contributed by atoms with Crippen molar-refractivity contribution in [3.05, 3.63) is 29.8 Å². The van der Waals surface area contributed by atoms with Crippen molar-refractivity contribution < 1.29 is 9.53 Å². The molecule has 1 aromatic carbocycles. The highest BCUT2D eigenvalue weighted by molar-refractivity contribution is 5.78. The second-order valence-corrected chi connectivity index (χ2v) is 5.90. The maximum atomic E-state index is 11.9. The topological polar surface area (TPSA) is 38.3 Å². The predicted molar refractivity (Wildman–Crippen MR) is 74.1 cm³/mol. The summed E-state index contributed by atoms with van der Waals surface area (Å²) in [5.74, 6) is 2.38. The molecule has 102 valence electrons. The highest BCUT2D eigenvalue weighted by Gasteiger charge is 2.40. The Morgan fingerprint density at radius 2 is 2.16 bits per heavy atom. The average Bonchev–Trinajstić information content (AvgIpc) is 3.00. The summed E-state index contributed by atoms with van der Waals surface area (Å²) in [6, 6.07) is 8.18. The first-order valence-corrected chi connectivity index (χ1v) is 7.20. The maximum Gasteiger partial charge on any atom is 0.258 e. The van der Waals surface area contributed by atoms with Crippen molar-refractivity contribution in [2.24, 2.45) is 11.8 Å². The van der Waals surface area contributed by atoms with E-state index in [1.165, 1.54) is 25.7 Å². The molecule has 0 heterocycles. The fourth-order valence-electron chi connectivity index (χ4n) is 3.53. The smallest absolute Gasteiger partial charge is 0.258 e. The van der Waals surface area contributed by atoms with Gasteiger partial charge >= 0.3 is 0 Å². The number of rotatable bonds is 4. The molecular weight excluding hydrogens is 238 g/mol. The van der Waals surface area contributed by atoms with E-state index in [4.69, 9.17) is 4.74 Å². The summed E-state index contributed by atoms with van der Waals surface area (Å²) in [4.78, 5) is 11.9. The van der Waals surface area contributed by atoms with Gasteiger partial charge in [0.1, 0.15) is 5.75 Å². The van der Waals surface area contributed by atoms with E-state index in [0.717, 1.165) is 17.2 Å². The largest absolute Gasteiger partial charge is 0.484 e. The van der Waals surface area contributed by atoms with Crippen molar-refractivity contribution >= 4 is 5.91 Å². The molecule has 19 heavy (non-hydrogen) atoms. The number of carbonyl (C=O) groups excluding carboxylic acids is 1. The fourth-order valence-corrected chi connectivity index (χ4v) is 3.53. The van der Waals surface area contributed by atoms with Crippen LogP contribution in [0.25, 0.3) is 0 Å². The van der Waals surface area contributed by atoms with Crippen LogP contribution in [0.1, 0.15) is 31.2 Å². The molecule has 3 atom stereocenters. The van der Waals surface area contributed by atoms with Crippen LogP contribution >= 0.6 is 0 Å². The summed E-state index contributed by atoms with van der Waals surface area (Å²) >= 11 is 0. The number of hydrogen-bond acceptors (Lipinski definition) is 2. The number of fused-ring (bicyclic) bond motifs is 2. The lowest BCUT2D eigenvalue weighted by Crippen LogP contribution is -2.40. The number of hydrogen-bond donors (Lipinski definition) is 1. The number of nitrogens with one attached hydrogen (secondary N) is 1. The van der Waals surface area contributed by atoms with Crippen molar-refractivity contribution in [2.45, 2.75) is 38.6 Å². The van der Waals surface area contributed by atoms with E-state index in [1.54, 1.807) is 0 Å². The Kier molecular flexibility index (Phi) is 3.45. The van der Waals surface area contributed by atoms with Gasteiger partial charge in [-0.15, -0.1) is 0 Å². The molecule has 3 heteroatoms. The Morgan fingerprint density at radius 1 is 1.32 bits per heavy atom. The van der Waals surface area contributed by atoms with Crippen LogP contribution in [0.2, 0.25) is 0 Å². The normalized spacial score (nSPS) is 28.4. The predicted octanol–water partition coefficient (Wildman–Crippen LogP) is 2.68. The number of aryl methyl sites for hydroxylation is 1. The van der Waals surface area contributed by atoms with Gasteiger partial charge in [0, 0.05) is 6.04 Å². The standard InChI is InChI=1S/C16H21NO2/c1-11-4-2-3-5-15(11)19-10-16(18)17-14-9-12-6-7-13(14)8-12/h2-5,12-14H,6-10H2,1H3,(H,17,18)/t12-,13+,14+/m1/s1. The molecule has 3 nitrogen and oxygen atoms in total. The molecule has 2 aliphatic carbocycles. The summed E-state index contributed by atoms with van der Waals surface area (Å²) in [5, 5.41) is 3.14. The molecule has 0 aromatic heterocycles. The lowest BCUT2D eigenvalue weighted by Gasteiger charge is -2.22. The minimum atomic E-state index is 0.0146. The van der Waals surface area contributed by atoms with Crippen LogP contribution in [0.15, 0.2) is 24.3 Å². The van der Waals surface area contributed by atoms with Crippen molar-refractivity contribution in [3.8, 4) is 5.75 Å². The number of ether oxygens (including phenoxy) is 1. The van der Waals surface area contributed by atoms with Crippen LogP contribution in [0.5, 0.6) is 5.75 Å². The third-order valence-electron chi connectivity index (χ3n) is 4.54. The lowest BCUT2D eigenvalue weighted by atomic mass is 9.95. The minimum Gasteiger partial charge on any atom is -0.484 e.